The minimum absolute atomic E-state index is 0.234. The van der Waals surface area contributed by atoms with Crippen molar-refractivity contribution in [3.63, 3.8) is 0 Å². The van der Waals surface area contributed by atoms with Gasteiger partial charge in [0.25, 0.3) is 0 Å². The van der Waals surface area contributed by atoms with Crippen molar-refractivity contribution < 1.29 is 4.79 Å². The lowest BCUT2D eigenvalue weighted by atomic mass is 9.65. The van der Waals surface area contributed by atoms with E-state index in [1.54, 1.807) is 0 Å². The van der Waals surface area contributed by atoms with Crippen molar-refractivity contribution in [1.29, 1.82) is 0 Å². The summed E-state index contributed by atoms with van der Waals surface area (Å²) in [7, 11) is 4.49. The summed E-state index contributed by atoms with van der Waals surface area (Å²) in [5, 5.41) is 0. The average Bonchev–Trinajstić information content (AvgIpc) is 2.91. The van der Waals surface area contributed by atoms with E-state index in [-0.39, 0.29) is 5.41 Å². The quantitative estimate of drug-likeness (QED) is 0.761. The molecule has 3 nitrogen and oxygen atoms in total. The number of carbonyl (C=O) groups is 1. The van der Waals surface area contributed by atoms with E-state index in [0.29, 0.717) is 11.4 Å². The van der Waals surface area contributed by atoms with Crippen LogP contribution in [0.5, 0.6) is 0 Å². The molecule has 1 aromatic carbocycles. The third-order valence-corrected chi connectivity index (χ3v) is 6.81. The fourth-order valence-electron chi connectivity index (χ4n) is 4.94. The molecule has 0 N–H and O–H groups in total. The molecule has 0 bridgehead atoms. The van der Waals surface area contributed by atoms with Crippen LogP contribution in [-0.4, -0.2) is 41.9 Å². The molecule has 0 radical (unpaired) electrons. The molecular formula is C22H34N2O. The monoisotopic (exact) mass is 342 g/mol. The summed E-state index contributed by atoms with van der Waals surface area (Å²) in [4.78, 5) is 17.2. The number of likely N-dealkylation sites (tertiary alicyclic amines) is 1. The summed E-state index contributed by atoms with van der Waals surface area (Å²) in [5.41, 5.74) is 1.84. The number of unbranched alkanes of at least 4 members (excludes halogenated alkanes) is 1. The molecule has 1 aliphatic carbocycles. The normalized spacial score (nSPS) is 29.8. The zero-order valence-corrected chi connectivity index (χ0v) is 16.3. The Kier molecular flexibility index (Phi) is 5.52. The molecule has 1 aromatic rings. The Morgan fingerprint density at radius 2 is 1.76 bits per heavy atom. The van der Waals surface area contributed by atoms with Crippen LogP contribution in [0.15, 0.2) is 30.3 Å². The Morgan fingerprint density at radius 1 is 1.08 bits per heavy atom. The Labute approximate surface area is 153 Å². The molecule has 1 aliphatic heterocycles. The van der Waals surface area contributed by atoms with Gasteiger partial charge in [0.05, 0.1) is 0 Å². The molecule has 0 atom stereocenters. The second kappa shape index (κ2) is 7.49. The molecule has 0 unspecified atom stereocenters. The summed E-state index contributed by atoms with van der Waals surface area (Å²) in [6.07, 6.45) is 9.52. The predicted octanol–water partition coefficient (Wildman–Crippen LogP) is 4.47. The van der Waals surface area contributed by atoms with Gasteiger partial charge in [-0.3, -0.25) is 4.79 Å². The number of benzene rings is 1. The maximum absolute atomic E-state index is 12.6. The van der Waals surface area contributed by atoms with Gasteiger partial charge in [-0.15, -0.1) is 0 Å². The van der Waals surface area contributed by atoms with Gasteiger partial charge < -0.3 is 9.80 Å². The number of carbonyl (C=O) groups excluding carboxylic acids is 1. The summed E-state index contributed by atoms with van der Waals surface area (Å²) in [5.74, 6) is 0.356. The van der Waals surface area contributed by atoms with Gasteiger partial charge >= 0.3 is 0 Å². The molecule has 0 aromatic heterocycles. The van der Waals surface area contributed by atoms with Gasteiger partial charge in [0.2, 0.25) is 5.91 Å². The predicted molar refractivity (Wildman–Crippen MR) is 103 cm³/mol. The van der Waals surface area contributed by atoms with Crippen molar-refractivity contribution in [2.45, 2.75) is 70.4 Å². The van der Waals surface area contributed by atoms with Gasteiger partial charge in [0.1, 0.15) is 0 Å². The van der Waals surface area contributed by atoms with Crippen LogP contribution in [0, 0.1) is 5.41 Å². The van der Waals surface area contributed by atoms with Gasteiger partial charge in [-0.2, -0.15) is 0 Å². The number of rotatable bonds is 6. The summed E-state index contributed by atoms with van der Waals surface area (Å²) >= 11 is 0. The Hall–Kier alpha value is -1.35. The van der Waals surface area contributed by atoms with E-state index in [4.69, 9.17) is 0 Å². The van der Waals surface area contributed by atoms with Crippen molar-refractivity contribution in [1.82, 2.24) is 9.80 Å². The molecule has 3 heteroatoms. The molecule has 3 rings (SSSR count). The largest absolute Gasteiger partial charge is 0.338 e. The standard InChI is InChI=1S/C22H34N2O/c1-4-5-11-22(23(2)3)14-12-21(13-15-22)16-20(25)24(18-21)17-19-9-7-6-8-10-19/h6-10H,4-5,11-18H2,1-3H3. The molecule has 1 heterocycles. The maximum Gasteiger partial charge on any atom is 0.223 e. The lowest BCUT2D eigenvalue weighted by Crippen LogP contribution is -2.49. The van der Waals surface area contributed by atoms with Crippen molar-refractivity contribution in [2.24, 2.45) is 5.41 Å². The smallest absolute Gasteiger partial charge is 0.223 e. The van der Waals surface area contributed by atoms with Gasteiger partial charge in [0.15, 0.2) is 0 Å². The molecule has 2 aliphatic rings. The van der Waals surface area contributed by atoms with Crippen LogP contribution in [0.2, 0.25) is 0 Å². The number of amides is 1. The zero-order valence-electron chi connectivity index (χ0n) is 16.3. The lowest BCUT2D eigenvalue weighted by molar-refractivity contribution is -0.128. The van der Waals surface area contributed by atoms with Gasteiger partial charge in [0, 0.05) is 25.0 Å². The van der Waals surface area contributed by atoms with Crippen LogP contribution in [0.4, 0.5) is 0 Å². The molecule has 2 fully saturated rings. The van der Waals surface area contributed by atoms with E-state index in [9.17, 15) is 4.79 Å². The van der Waals surface area contributed by atoms with E-state index >= 15 is 0 Å². The first-order valence-corrected chi connectivity index (χ1v) is 9.98. The van der Waals surface area contributed by atoms with E-state index in [1.807, 2.05) is 6.07 Å². The minimum atomic E-state index is 0.234. The second-order valence-corrected chi connectivity index (χ2v) is 8.63. The molecule has 1 saturated heterocycles. The number of hydrogen-bond donors (Lipinski definition) is 0. The highest BCUT2D eigenvalue weighted by Gasteiger charge is 2.49. The van der Waals surface area contributed by atoms with Crippen LogP contribution >= 0.6 is 0 Å². The highest BCUT2D eigenvalue weighted by Crippen LogP contribution is 2.50. The van der Waals surface area contributed by atoms with E-state index in [2.05, 4.69) is 55.1 Å². The summed E-state index contributed by atoms with van der Waals surface area (Å²) < 4.78 is 0. The summed E-state index contributed by atoms with van der Waals surface area (Å²) in [6.45, 7) is 4.01. The maximum atomic E-state index is 12.6. The van der Waals surface area contributed by atoms with Crippen LogP contribution in [-0.2, 0) is 11.3 Å². The molecular weight excluding hydrogens is 308 g/mol. The molecule has 138 valence electrons. The lowest BCUT2D eigenvalue weighted by Gasteiger charge is -2.48. The Morgan fingerprint density at radius 3 is 2.36 bits per heavy atom. The van der Waals surface area contributed by atoms with Crippen molar-refractivity contribution >= 4 is 5.91 Å². The first kappa shape index (κ1) is 18.4. The van der Waals surface area contributed by atoms with Crippen molar-refractivity contribution in [3.05, 3.63) is 35.9 Å². The van der Waals surface area contributed by atoms with Gasteiger partial charge in [-0.05, 0) is 57.2 Å². The SMILES string of the molecule is CCCCC1(N(C)C)CCC2(CC1)CC(=O)N(Cc1ccccc1)C2. The number of hydrogen-bond acceptors (Lipinski definition) is 2. The molecule has 25 heavy (non-hydrogen) atoms. The Balaban J connectivity index is 1.64. The van der Waals surface area contributed by atoms with Crippen LogP contribution in [0.3, 0.4) is 0 Å². The topological polar surface area (TPSA) is 23.6 Å². The highest BCUT2D eigenvalue weighted by atomic mass is 16.2. The second-order valence-electron chi connectivity index (χ2n) is 8.63. The molecule has 1 amide bonds. The van der Waals surface area contributed by atoms with Crippen LogP contribution in [0.25, 0.3) is 0 Å². The van der Waals surface area contributed by atoms with E-state index in [0.717, 1.165) is 19.5 Å². The average molecular weight is 343 g/mol. The van der Waals surface area contributed by atoms with Gasteiger partial charge in [-0.25, -0.2) is 0 Å². The van der Waals surface area contributed by atoms with E-state index in [1.165, 1.54) is 50.5 Å². The van der Waals surface area contributed by atoms with Crippen LogP contribution in [0.1, 0.15) is 63.9 Å². The van der Waals surface area contributed by atoms with Crippen molar-refractivity contribution in [2.75, 3.05) is 20.6 Å². The third-order valence-electron chi connectivity index (χ3n) is 6.81. The highest BCUT2D eigenvalue weighted by molar-refractivity contribution is 5.79. The summed E-state index contributed by atoms with van der Waals surface area (Å²) in [6, 6.07) is 10.4. The molecule has 1 saturated carbocycles. The zero-order chi connectivity index (χ0) is 17.9. The fourth-order valence-corrected chi connectivity index (χ4v) is 4.94. The third kappa shape index (κ3) is 3.92. The van der Waals surface area contributed by atoms with E-state index < -0.39 is 0 Å². The minimum Gasteiger partial charge on any atom is -0.338 e. The first-order valence-electron chi connectivity index (χ1n) is 9.98. The van der Waals surface area contributed by atoms with Gasteiger partial charge in [-0.1, -0.05) is 50.1 Å². The van der Waals surface area contributed by atoms with Crippen molar-refractivity contribution in [3.8, 4) is 0 Å². The fraction of sp³-hybridized carbons (Fsp3) is 0.682. The number of nitrogens with zero attached hydrogens (tertiary/aromatic N) is 2. The van der Waals surface area contributed by atoms with Crippen LogP contribution < -0.4 is 0 Å². The first-order chi connectivity index (χ1) is 12.0. The molecule has 1 spiro atoms. The Bertz CT molecular complexity index is 573.